The monoisotopic (exact) mass is 648 g/mol. The van der Waals surface area contributed by atoms with Crippen molar-refractivity contribution >= 4 is 11.9 Å². The number of quaternary nitrogens is 1. The van der Waals surface area contributed by atoms with Crippen molar-refractivity contribution in [2.45, 2.75) is 66.0 Å². The third-order valence-electron chi connectivity index (χ3n) is 9.82. The molecule has 4 aliphatic heterocycles. The molecule has 0 aromatic heterocycles. The molecule has 0 saturated carbocycles. The number of halogens is 2. The number of carbonyl (C=O) groups is 2. The molecule has 4 aliphatic rings. The molecule has 250 valence electrons. The average molecular weight is 649 g/mol. The van der Waals surface area contributed by atoms with Crippen LogP contribution in [-0.4, -0.2) is 70.8 Å². The first-order chi connectivity index (χ1) is 22.3. The third kappa shape index (κ3) is 5.91. The van der Waals surface area contributed by atoms with Crippen LogP contribution in [0.4, 0.5) is 8.78 Å². The van der Waals surface area contributed by atoms with Gasteiger partial charge in [-0.05, 0) is 91.1 Å². The first kappa shape index (κ1) is 33.1. The number of benzene rings is 2. The molecule has 0 aliphatic carbocycles. The van der Waals surface area contributed by atoms with Crippen molar-refractivity contribution < 1.29 is 37.7 Å². The Bertz CT molecular complexity index is 1690. The molecule has 2 aromatic carbocycles. The van der Waals surface area contributed by atoms with Gasteiger partial charge in [0.2, 0.25) is 0 Å². The molecule has 8 nitrogen and oxygen atoms in total. The number of hydrogen-bond acceptors (Lipinski definition) is 6. The number of carboxylic acids is 1. The summed E-state index contributed by atoms with van der Waals surface area (Å²) in [5.74, 6) is -2.21. The molecular weight excluding hydrogens is 604 g/mol. The molecule has 2 aromatic rings. The van der Waals surface area contributed by atoms with Crippen molar-refractivity contribution in [2.75, 3.05) is 33.4 Å². The van der Waals surface area contributed by atoms with Crippen molar-refractivity contribution in [3.63, 3.8) is 0 Å². The van der Waals surface area contributed by atoms with Crippen LogP contribution in [0.3, 0.4) is 0 Å². The van der Waals surface area contributed by atoms with Gasteiger partial charge in [-0.25, -0.2) is 18.4 Å². The van der Waals surface area contributed by atoms with Crippen LogP contribution in [0.2, 0.25) is 0 Å². The fourth-order valence-electron chi connectivity index (χ4n) is 7.59. The lowest BCUT2D eigenvalue weighted by Gasteiger charge is -2.39. The van der Waals surface area contributed by atoms with Crippen LogP contribution in [0.15, 0.2) is 65.6 Å². The summed E-state index contributed by atoms with van der Waals surface area (Å²) < 4.78 is 36.8. The second kappa shape index (κ2) is 12.6. The SMILES string of the molecule is COCC1CN(CCC2=CN3C(=C4O[N+]4([C@@H](CC(=O)O)c4cc(-c5c(C)cccc5C)cc(C)c4F)C(=O)[C@@H]3CC(C)C)C(F)=C2)C1. The molecule has 6 rings (SSSR count). The number of carbonyl (C=O) groups excluding carboxylic acids is 1. The zero-order valence-corrected chi connectivity index (χ0v) is 28.0. The van der Waals surface area contributed by atoms with Gasteiger partial charge < -0.3 is 19.6 Å². The maximum Gasteiger partial charge on any atom is 0.426 e. The lowest BCUT2D eigenvalue weighted by atomic mass is 9.89. The standard InChI is InChI=1S/C37H43F2N3O5/c1-21(2)12-30-36(45)42(37(47-42)35-29(38)14-25(19-41(30)35)10-11-40-17-26(18-40)20-46-6)31(16-32(43)44)28-15-27(13-24(5)34(28)39)33-22(3)8-7-9-23(33)4/h7-9,13-15,19,21,26,30-31H,10-12,16-18,20H2,1-6H3/p+1/t30-,31-,42?/m0/s1. The van der Waals surface area contributed by atoms with Crippen LogP contribution >= 0.6 is 0 Å². The van der Waals surface area contributed by atoms with Crippen molar-refractivity contribution in [2.24, 2.45) is 11.8 Å². The first-order valence-corrected chi connectivity index (χ1v) is 16.4. The van der Waals surface area contributed by atoms with E-state index < -0.39 is 46.7 Å². The minimum absolute atomic E-state index is 0.0185. The van der Waals surface area contributed by atoms with Gasteiger partial charge in [0.25, 0.3) is 0 Å². The Kier molecular flexibility index (Phi) is 8.88. The second-order valence-electron chi connectivity index (χ2n) is 13.9. The Hall–Kier alpha value is -3.86. The number of rotatable bonds is 12. The quantitative estimate of drug-likeness (QED) is 0.199. The molecule has 2 fully saturated rings. The van der Waals surface area contributed by atoms with Crippen LogP contribution in [0, 0.1) is 38.4 Å². The molecular formula is C37H44F2N3O5+. The molecule has 0 bridgehead atoms. The highest BCUT2D eigenvalue weighted by Gasteiger charge is 2.76. The summed E-state index contributed by atoms with van der Waals surface area (Å²) in [5, 5.41) is 10.1. The van der Waals surface area contributed by atoms with Gasteiger partial charge in [-0.1, -0.05) is 32.0 Å². The summed E-state index contributed by atoms with van der Waals surface area (Å²) in [5.41, 5.74) is 4.85. The van der Waals surface area contributed by atoms with E-state index in [2.05, 4.69) is 4.90 Å². The number of nitrogens with zero attached hydrogens (tertiary/aromatic N) is 3. The minimum atomic E-state index is -1.26. The summed E-state index contributed by atoms with van der Waals surface area (Å²) in [7, 11) is 1.70. The van der Waals surface area contributed by atoms with Gasteiger partial charge in [0.1, 0.15) is 12.2 Å². The van der Waals surface area contributed by atoms with Crippen molar-refractivity contribution in [1.29, 1.82) is 0 Å². The number of fused-ring (bicyclic) bond motifs is 2. The Balaban J connectivity index is 1.41. The van der Waals surface area contributed by atoms with E-state index >= 15 is 8.78 Å². The van der Waals surface area contributed by atoms with Crippen LogP contribution in [0.1, 0.15) is 61.4 Å². The first-order valence-electron chi connectivity index (χ1n) is 16.4. The Morgan fingerprint density at radius 1 is 1.13 bits per heavy atom. The zero-order chi connectivity index (χ0) is 33.8. The van der Waals surface area contributed by atoms with Crippen molar-refractivity contribution in [3.8, 4) is 11.1 Å². The van der Waals surface area contributed by atoms with Gasteiger partial charge in [-0.2, -0.15) is 0 Å². The lowest BCUT2D eigenvalue weighted by Crippen LogP contribution is -2.54. The molecule has 1 amide bonds. The number of carboxylic acid groups (broad SMARTS) is 1. The fraction of sp³-hybridized carbons (Fsp3) is 0.459. The van der Waals surface area contributed by atoms with E-state index in [-0.39, 0.29) is 23.1 Å². The van der Waals surface area contributed by atoms with Gasteiger partial charge in [0.15, 0.2) is 23.6 Å². The fourth-order valence-corrected chi connectivity index (χ4v) is 7.59. The van der Waals surface area contributed by atoms with E-state index in [1.165, 1.54) is 6.08 Å². The number of aryl methyl sites for hydroxylation is 3. The van der Waals surface area contributed by atoms with E-state index in [1.807, 2.05) is 52.1 Å². The largest absolute Gasteiger partial charge is 0.481 e. The van der Waals surface area contributed by atoms with Crippen LogP contribution in [0.25, 0.3) is 11.1 Å². The Morgan fingerprint density at radius 2 is 1.83 bits per heavy atom. The normalized spacial score (nSPS) is 23.1. The van der Waals surface area contributed by atoms with Gasteiger partial charge in [0, 0.05) is 43.5 Å². The number of ether oxygens (including phenoxy) is 1. The van der Waals surface area contributed by atoms with Crippen LogP contribution in [0.5, 0.6) is 0 Å². The van der Waals surface area contributed by atoms with Crippen molar-refractivity contribution in [3.05, 3.63) is 93.7 Å². The van der Waals surface area contributed by atoms with Crippen LogP contribution in [-0.2, 0) is 19.2 Å². The maximum atomic E-state index is 16.2. The molecule has 0 radical (unpaired) electrons. The highest BCUT2D eigenvalue weighted by molar-refractivity contribution is 5.81. The smallest absolute Gasteiger partial charge is 0.426 e. The second-order valence-corrected chi connectivity index (χ2v) is 13.9. The van der Waals surface area contributed by atoms with Crippen LogP contribution < -0.4 is 0 Å². The molecule has 4 heterocycles. The average Bonchev–Trinajstić information content (AvgIpc) is 3.73. The summed E-state index contributed by atoms with van der Waals surface area (Å²) in [6.07, 6.45) is 3.70. The summed E-state index contributed by atoms with van der Waals surface area (Å²) in [4.78, 5) is 37.1. The van der Waals surface area contributed by atoms with Gasteiger partial charge >= 0.3 is 17.8 Å². The van der Waals surface area contributed by atoms with E-state index in [0.29, 0.717) is 24.3 Å². The number of hydrogen-bond donors (Lipinski definition) is 1. The summed E-state index contributed by atoms with van der Waals surface area (Å²) in [6, 6.07) is 7.17. The lowest BCUT2D eigenvalue weighted by molar-refractivity contribution is -0.866. The predicted molar refractivity (Wildman–Crippen MR) is 173 cm³/mol. The van der Waals surface area contributed by atoms with Gasteiger partial charge in [-0.3, -0.25) is 4.79 Å². The number of methoxy groups -OCH3 is 1. The van der Waals surface area contributed by atoms with E-state index in [0.717, 1.165) is 54.1 Å². The molecule has 47 heavy (non-hydrogen) atoms. The molecule has 10 heteroatoms. The summed E-state index contributed by atoms with van der Waals surface area (Å²) in [6.45, 7) is 12.9. The van der Waals surface area contributed by atoms with E-state index in [4.69, 9.17) is 9.57 Å². The van der Waals surface area contributed by atoms with Gasteiger partial charge in [0.05, 0.1) is 12.2 Å². The Morgan fingerprint density at radius 3 is 2.47 bits per heavy atom. The topological polar surface area (TPSA) is 82.6 Å². The number of hydroxylamine groups is 3. The number of likely N-dealkylation sites (tertiary alicyclic amines) is 1. The number of aliphatic carboxylic acids is 1. The summed E-state index contributed by atoms with van der Waals surface area (Å²) >= 11 is 0. The predicted octanol–water partition coefficient (Wildman–Crippen LogP) is 6.84. The van der Waals surface area contributed by atoms with Crippen molar-refractivity contribution in [1.82, 2.24) is 9.80 Å². The van der Waals surface area contributed by atoms with E-state index in [1.54, 1.807) is 31.1 Å². The molecule has 0 spiro atoms. The van der Waals surface area contributed by atoms with E-state index in [9.17, 15) is 14.7 Å². The number of amides is 1. The third-order valence-corrected chi connectivity index (χ3v) is 9.82. The zero-order valence-electron chi connectivity index (χ0n) is 28.0. The molecule has 1 N–H and O–H groups in total. The Labute approximate surface area is 275 Å². The number of allylic oxidation sites excluding steroid dienone is 2. The maximum absolute atomic E-state index is 16.2. The molecule has 1 unspecified atom stereocenters. The highest BCUT2D eigenvalue weighted by Crippen LogP contribution is 2.58. The van der Waals surface area contributed by atoms with Gasteiger partial charge in [-0.15, -0.1) is 0 Å². The minimum Gasteiger partial charge on any atom is -0.481 e. The molecule has 2 saturated heterocycles. The highest BCUT2D eigenvalue weighted by atomic mass is 19.1. The molecule has 3 atom stereocenters.